The van der Waals surface area contributed by atoms with Crippen LogP contribution in [0.2, 0.25) is 5.02 Å². The summed E-state index contributed by atoms with van der Waals surface area (Å²) in [6.07, 6.45) is 0. The van der Waals surface area contributed by atoms with E-state index in [4.69, 9.17) is 21.1 Å². The molecule has 0 saturated carbocycles. The van der Waals surface area contributed by atoms with Crippen molar-refractivity contribution in [2.45, 2.75) is 6.61 Å². The second-order valence-electron chi connectivity index (χ2n) is 6.59. The lowest BCUT2D eigenvalue weighted by Gasteiger charge is -2.29. The first kappa shape index (κ1) is 20.6. The molecule has 2 heterocycles. The van der Waals surface area contributed by atoms with Crippen molar-refractivity contribution >= 4 is 40.2 Å². The molecule has 1 saturated heterocycles. The lowest BCUT2D eigenvalue weighted by molar-refractivity contribution is 0.102. The third-order valence-corrected chi connectivity index (χ3v) is 5.59. The number of hydrogen-bond donors (Lipinski definition) is 1. The third-order valence-electron chi connectivity index (χ3n) is 4.52. The zero-order valence-electron chi connectivity index (χ0n) is 15.9. The van der Waals surface area contributed by atoms with E-state index in [1.165, 1.54) is 17.4 Å². The molecule has 0 aliphatic carbocycles. The average molecular weight is 448 g/mol. The zero-order valence-corrected chi connectivity index (χ0v) is 17.5. The molecule has 1 N–H and O–H groups in total. The molecule has 156 valence electrons. The minimum Gasteiger partial charge on any atom is -0.486 e. The molecular formula is C21H19ClFN3O3S. The molecule has 6 nitrogen and oxygen atoms in total. The summed E-state index contributed by atoms with van der Waals surface area (Å²) in [5, 5.41) is 5.62. The van der Waals surface area contributed by atoms with Crippen LogP contribution in [0.25, 0.3) is 0 Å². The first-order valence-corrected chi connectivity index (χ1v) is 10.6. The molecule has 1 aliphatic heterocycles. The van der Waals surface area contributed by atoms with E-state index in [9.17, 15) is 9.18 Å². The highest BCUT2D eigenvalue weighted by Gasteiger charge is 2.17. The van der Waals surface area contributed by atoms with Crippen LogP contribution in [0.3, 0.4) is 0 Å². The van der Waals surface area contributed by atoms with Gasteiger partial charge in [0.25, 0.3) is 5.91 Å². The Morgan fingerprint density at radius 3 is 2.73 bits per heavy atom. The van der Waals surface area contributed by atoms with Gasteiger partial charge in [-0.1, -0.05) is 11.6 Å². The normalized spacial score (nSPS) is 13.9. The summed E-state index contributed by atoms with van der Waals surface area (Å²) in [5.41, 5.74) is 1.14. The molecule has 1 aliphatic rings. The quantitative estimate of drug-likeness (QED) is 0.598. The van der Waals surface area contributed by atoms with Crippen LogP contribution in [0.15, 0.2) is 47.8 Å². The largest absolute Gasteiger partial charge is 0.486 e. The Bertz CT molecular complexity index is 1020. The standard InChI is InChI=1S/C21H19ClFN3O3S/c22-14-1-4-16(5-2-14)29-12-20-25-18(13-30-20)21(27)24-15-3-6-19(17(23)11-15)26-7-9-28-10-8-26/h1-6,11,13H,7-10,12H2,(H,24,27). The number of aromatic nitrogens is 1. The number of hydrogen-bond acceptors (Lipinski definition) is 6. The lowest BCUT2D eigenvalue weighted by Crippen LogP contribution is -2.36. The second-order valence-corrected chi connectivity index (χ2v) is 7.97. The summed E-state index contributed by atoms with van der Waals surface area (Å²) < 4.78 is 25.4. The Kier molecular flexibility index (Phi) is 6.47. The van der Waals surface area contributed by atoms with Crippen LogP contribution in [0.5, 0.6) is 5.75 Å². The van der Waals surface area contributed by atoms with Gasteiger partial charge >= 0.3 is 0 Å². The van der Waals surface area contributed by atoms with Crippen molar-refractivity contribution in [2.75, 3.05) is 36.5 Å². The van der Waals surface area contributed by atoms with Gasteiger partial charge in [0.2, 0.25) is 0 Å². The van der Waals surface area contributed by atoms with Crippen molar-refractivity contribution in [1.29, 1.82) is 0 Å². The predicted octanol–water partition coefficient (Wildman–Crippen LogP) is 4.60. The molecule has 1 amide bonds. The van der Waals surface area contributed by atoms with Gasteiger partial charge < -0.3 is 19.7 Å². The van der Waals surface area contributed by atoms with Crippen molar-refractivity contribution in [3.05, 3.63) is 69.4 Å². The van der Waals surface area contributed by atoms with E-state index in [-0.39, 0.29) is 18.1 Å². The van der Waals surface area contributed by atoms with Crippen LogP contribution in [-0.4, -0.2) is 37.2 Å². The summed E-state index contributed by atoms with van der Waals surface area (Å²) in [6, 6.07) is 11.7. The fourth-order valence-corrected chi connectivity index (χ4v) is 3.81. The summed E-state index contributed by atoms with van der Waals surface area (Å²) in [5.74, 6) is -0.121. The van der Waals surface area contributed by atoms with Crippen LogP contribution >= 0.6 is 22.9 Å². The van der Waals surface area contributed by atoms with Crippen molar-refractivity contribution < 1.29 is 18.7 Å². The van der Waals surface area contributed by atoms with E-state index < -0.39 is 5.91 Å². The van der Waals surface area contributed by atoms with E-state index in [1.807, 2.05) is 4.90 Å². The molecule has 1 fully saturated rings. The highest BCUT2D eigenvalue weighted by Crippen LogP contribution is 2.24. The molecule has 0 atom stereocenters. The number of amides is 1. The number of halogens is 2. The van der Waals surface area contributed by atoms with Crippen molar-refractivity contribution in [2.24, 2.45) is 0 Å². The van der Waals surface area contributed by atoms with Crippen LogP contribution < -0.4 is 15.0 Å². The monoisotopic (exact) mass is 447 g/mol. The number of anilines is 2. The molecule has 4 rings (SSSR count). The SMILES string of the molecule is O=C(Nc1ccc(N2CCOCC2)c(F)c1)c1csc(COc2ccc(Cl)cc2)n1. The predicted molar refractivity (Wildman–Crippen MR) is 115 cm³/mol. The Hall–Kier alpha value is -2.68. The fraction of sp³-hybridized carbons (Fsp3) is 0.238. The van der Waals surface area contributed by atoms with Gasteiger partial charge in [0.05, 0.1) is 18.9 Å². The highest BCUT2D eigenvalue weighted by atomic mass is 35.5. The van der Waals surface area contributed by atoms with Crippen LogP contribution in [-0.2, 0) is 11.3 Å². The van der Waals surface area contributed by atoms with Gasteiger partial charge in [-0.2, -0.15) is 0 Å². The van der Waals surface area contributed by atoms with Crippen molar-refractivity contribution in [3.8, 4) is 5.75 Å². The minimum absolute atomic E-state index is 0.239. The van der Waals surface area contributed by atoms with Gasteiger partial charge in [0.15, 0.2) is 0 Å². The molecule has 2 aromatic carbocycles. The van der Waals surface area contributed by atoms with Gasteiger partial charge in [-0.15, -0.1) is 11.3 Å². The second kappa shape index (κ2) is 9.42. The third kappa shape index (κ3) is 5.08. The topological polar surface area (TPSA) is 63.7 Å². The summed E-state index contributed by atoms with van der Waals surface area (Å²) in [4.78, 5) is 18.7. The van der Waals surface area contributed by atoms with Crippen LogP contribution in [0, 0.1) is 5.82 Å². The van der Waals surface area contributed by atoms with Crippen molar-refractivity contribution in [3.63, 3.8) is 0 Å². The number of thiazole rings is 1. The fourth-order valence-electron chi connectivity index (χ4n) is 3.00. The molecule has 9 heteroatoms. The van der Waals surface area contributed by atoms with Gasteiger partial charge in [-0.3, -0.25) is 4.79 Å². The van der Waals surface area contributed by atoms with Gasteiger partial charge in [-0.05, 0) is 42.5 Å². The number of carbonyl (C=O) groups is 1. The molecule has 3 aromatic rings. The number of ether oxygens (including phenoxy) is 2. The van der Waals surface area contributed by atoms with E-state index in [0.717, 1.165) is 0 Å². The molecule has 0 spiro atoms. The number of nitrogens with one attached hydrogen (secondary N) is 1. The first-order valence-electron chi connectivity index (χ1n) is 9.35. The first-order chi connectivity index (χ1) is 14.6. The smallest absolute Gasteiger partial charge is 0.275 e. The highest BCUT2D eigenvalue weighted by molar-refractivity contribution is 7.09. The maximum absolute atomic E-state index is 14.5. The maximum Gasteiger partial charge on any atom is 0.275 e. The van der Waals surface area contributed by atoms with Crippen LogP contribution in [0.4, 0.5) is 15.8 Å². The maximum atomic E-state index is 14.5. The van der Waals surface area contributed by atoms with E-state index >= 15 is 0 Å². The Morgan fingerprint density at radius 2 is 2.00 bits per heavy atom. The van der Waals surface area contributed by atoms with Crippen molar-refractivity contribution in [1.82, 2.24) is 4.98 Å². The van der Waals surface area contributed by atoms with E-state index in [0.29, 0.717) is 53.5 Å². The van der Waals surface area contributed by atoms with Gasteiger partial charge in [0, 0.05) is 29.2 Å². The summed E-state index contributed by atoms with van der Waals surface area (Å²) in [7, 11) is 0. The molecular weight excluding hydrogens is 429 g/mol. The molecule has 0 bridgehead atoms. The number of carbonyl (C=O) groups excluding carboxylic acids is 1. The molecule has 0 radical (unpaired) electrons. The van der Waals surface area contributed by atoms with Crippen LogP contribution in [0.1, 0.15) is 15.5 Å². The molecule has 0 unspecified atom stereocenters. The number of rotatable bonds is 6. The number of morpholine rings is 1. The van der Waals surface area contributed by atoms with E-state index in [2.05, 4.69) is 10.3 Å². The summed E-state index contributed by atoms with van der Waals surface area (Å²) in [6.45, 7) is 2.67. The molecule has 1 aromatic heterocycles. The Morgan fingerprint density at radius 1 is 1.23 bits per heavy atom. The number of benzene rings is 2. The Balaban J connectivity index is 1.35. The van der Waals surface area contributed by atoms with Gasteiger partial charge in [-0.25, -0.2) is 9.37 Å². The zero-order chi connectivity index (χ0) is 20.9. The average Bonchev–Trinajstić information content (AvgIpc) is 3.23. The molecule has 30 heavy (non-hydrogen) atoms. The Labute approximate surface area is 182 Å². The lowest BCUT2D eigenvalue weighted by atomic mass is 10.2. The minimum atomic E-state index is -0.400. The van der Waals surface area contributed by atoms with Gasteiger partial charge in [0.1, 0.15) is 28.9 Å². The van der Waals surface area contributed by atoms with E-state index in [1.54, 1.807) is 41.8 Å². The summed E-state index contributed by atoms with van der Waals surface area (Å²) >= 11 is 7.17. The number of nitrogens with zero attached hydrogens (tertiary/aromatic N) is 2.